The Hall–Kier alpha value is -1.68. The molecule has 1 atom stereocenters. The molecule has 0 rings (SSSR count). The fourth-order valence-corrected chi connectivity index (χ4v) is 2.57. The molecule has 9 nitrogen and oxygen atoms in total. The summed E-state index contributed by atoms with van der Waals surface area (Å²) in [5.41, 5.74) is 0. The van der Waals surface area contributed by atoms with Gasteiger partial charge in [0.05, 0.1) is 4.75 Å². The monoisotopic (exact) mass is 379 g/mol. The van der Waals surface area contributed by atoms with E-state index in [2.05, 4.69) is 10.6 Å². The van der Waals surface area contributed by atoms with Gasteiger partial charge in [-0.3, -0.25) is 14.8 Å². The van der Waals surface area contributed by atoms with Crippen molar-refractivity contribution >= 4 is 27.7 Å². The van der Waals surface area contributed by atoms with Gasteiger partial charge in [-0.05, 0) is 26.2 Å². The average Bonchev–Trinajstić information content (AvgIpc) is 2.48. The van der Waals surface area contributed by atoms with E-state index in [1.54, 1.807) is 0 Å². The number of hydrogen-bond donors (Lipinski definition) is 3. The third-order valence-corrected chi connectivity index (χ3v) is 6.18. The van der Waals surface area contributed by atoms with Gasteiger partial charge in [-0.25, -0.2) is 13.2 Å². The maximum Gasteiger partial charge on any atom is 0.349 e. The Morgan fingerprint density at radius 3 is 2.12 bits per heavy atom. The number of rotatable bonds is 8. The first kappa shape index (κ1) is 23.3. The molecular weight excluding hydrogens is 350 g/mol. The summed E-state index contributed by atoms with van der Waals surface area (Å²) < 4.78 is 22.2. The predicted molar refractivity (Wildman–Crippen MR) is 92.6 cm³/mol. The van der Waals surface area contributed by atoms with Crippen LogP contribution in [0.3, 0.4) is 0 Å². The van der Waals surface area contributed by atoms with Gasteiger partial charge < -0.3 is 10.6 Å². The molecule has 1 unspecified atom stereocenters. The Labute approximate surface area is 149 Å². The first-order valence-electron chi connectivity index (χ1n) is 7.99. The van der Waals surface area contributed by atoms with Crippen molar-refractivity contribution in [2.24, 2.45) is 5.92 Å². The van der Waals surface area contributed by atoms with E-state index in [0.29, 0.717) is 12.3 Å². The summed E-state index contributed by atoms with van der Waals surface area (Å²) in [6.45, 7) is 6.51. The molecule has 0 saturated heterocycles. The first-order chi connectivity index (χ1) is 11.3. The van der Waals surface area contributed by atoms with E-state index in [1.807, 2.05) is 13.8 Å². The lowest BCUT2D eigenvalue weighted by Crippen LogP contribution is -2.62. The average molecular weight is 379 g/mol. The van der Waals surface area contributed by atoms with E-state index in [1.165, 1.54) is 20.9 Å². The molecule has 0 aromatic carbocycles. The third kappa shape index (κ3) is 6.62. The number of hydroxylamine groups is 2. The minimum absolute atomic E-state index is 0.0395. The SMILES string of the molecule is CNC(=O)C(NC(=O)N(O)C(=O)CCCC(C)C)C(C)(C)S(C)(=O)=O. The van der Waals surface area contributed by atoms with Gasteiger partial charge in [-0.2, -0.15) is 0 Å². The molecule has 0 heterocycles. The molecule has 4 amide bonds. The van der Waals surface area contributed by atoms with E-state index >= 15 is 0 Å². The lowest BCUT2D eigenvalue weighted by atomic mass is 10.0. The van der Waals surface area contributed by atoms with Crippen LogP contribution in [0.1, 0.15) is 47.0 Å². The fraction of sp³-hybridized carbons (Fsp3) is 0.800. The van der Waals surface area contributed by atoms with E-state index in [4.69, 9.17) is 0 Å². The number of urea groups is 1. The molecule has 0 radical (unpaired) electrons. The van der Waals surface area contributed by atoms with Crippen molar-refractivity contribution in [3.8, 4) is 0 Å². The zero-order valence-electron chi connectivity index (χ0n) is 15.6. The highest BCUT2D eigenvalue weighted by atomic mass is 32.2. The molecule has 146 valence electrons. The van der Waals surface area contributed by atoms with Gasteiger partial charge in [-0.15, -0.1) is 5.06 Å². The smallest absolute Gasteiger partial charge is 0.349 e. The Morgan fingerprint density at radius 2 is 1.72 bits per heavy atom. The number of amides is 4. The van der Waals surface area contributed by atoms with E-state index in [9.17, 15) is 28.0 Å². The normalized spacial score (nSPS) is 13.3. The van der Waals surface area contributed by atoms with Gasteiger partial charge in [0.15, 0.2) is 9.84 Å². The number of imide groups is 1. The second-order valence-electron chi connectivity index (χ2n) is 6.86. The third-order valence-electron chi connectivity index (χ3n) is 4.03. The molecule has 10 heteroatoms. The molecular formula is C15H29N3O6S. The topological polar surface area (TPSA) is 133 Å². The van der Waals surface area contributed by atoms with Crippen molar-refractivity contribution in [2.45, 2.75) is 57.7 Å². The van der Waals surface area contributed by atoms with Gasteiger partial charge in [0, 0.05) is 19.7 Å². The van der Waals surface area contributed by atoms with Crippen LogP contribution in [-0.4, -0.2) is 60.6 Å². The molecule has 0 fully saturated rings. The molecule has 0 aromatic heterocycles. The largest absolute Gasteiger partial charge is 0.357 e. The van der Waals surface area contributed by atoms with Gasteiger partial charge in [0.25, 0.3) is 5.91 Å². The number of sulfone groups is 1. The number of hydrogen-bond acceptors (Lipinski definition) is 6. The minimum Gasteiger partial charge on any atom is -0.357 e. The molecule has 0 aliphatic heterocycles. The molecule has 0 aliphatic carbocycles. The van der Waals surface area contributed by atoms with Crippen molar-refractivity contribution in [2.75, 3.05) is 13.3 Å². The lowest BCUT2D eigenvalue weighted by Gasteiger charge is -2.32. The zero-order valence-corrected chi connectivity index (χ0v) is 16.4. The summed E-state index contributed by atoms with van der Waals surface area (Å²) in [6, 6.07) is -2.74. The summed E-state index contributed by atoms with van der Waals surface area (Å²) in [4.78, 5) is 35.9. The number of likely N-dealkylation sites (N-methyl/N-ethyl adjacent to an activating group) is 1. The van der Waals surface area contributed by atoms with Crippen molar-refractivity contribution in [1.29, 1.82) is 0 Å². The van der Waals surface area contributed by atoms with Crippen LogP contribution < -0.4 is 10.6 Å². The molecule has 0 aliphatic rings. The molecule has 0 spiro atoms. The zero-order chi connectivity index (χ0) is 20.0. The summed E-state index contributed by atoms with van der Waals surface area (Å²) in [5, 5.41) is 14.0. The summed E-state index contributed by atoms with van der Waals surface area (Å²) in [7, 11) is -2.45. The van der Waals surface area contributed by atoms with Crippen molar-refractivity contribution < 1.29 is 28.0 Å². The minimum atomic E-state index is -3.73. The maximum absolute atomic E-state index is 12.1. The van der Waals surface area contributed by atoms with Crippen LogP contribution in [0, 0.1) is 5.92 Å². The van der Waals surface area contributed by atoms with Gasteiger partial charge in [0.1, 0.15) is 6.04 Å². The highest BCUT2D eigenvalue weighted by Gasteiger charge is 2.44. The quantitative estimate of drug-likeness (QED) is 0.419. The highest BCUT2D eigenvalue weighted by Crippen LogP contribution is 2.21. The lowest BCUT2D eigenvalue weighted by molar-refractivity contribution is -0.153. The van der Waals surface area contributed by atoms with Gasteiger partial charge in [-0.1, -0.05) is 20.3 Å². The Kier molecular flexibility index (Phi) is 8.52. The van der Waals surface area contributed by atoms with Crippen LogP contribution in [0.4, 0.5) is 4.79 Å². The van der Waals surface area contributed by atoms with Crippen LogP contribution in [0.15, 0.2) is 0 Å². The van der Waals surface area contributed by atoms with Crippen molar-refractivity contribution in [3.05, 3.63) is 0 Å². The second-order valence-corrected chi connectivity index (χ2v) is 9.46. The van der Waals surface area contributed by atoms with Crippen LogP contribution in [0.5, 0.6) is 0 Å². The summed E-state index contributed by atoms with van der Waals surface area (Å²) in [5.74, 6) is -1.21. The van der Waals surface area contributed by atoms with Gasteiger partial charge in [0.2, 0.25) is 5.91 Å². The Morgan fingerprint density at radius 1 is 1.20 bits per heavy atom. The second kappa shape index (κ2) is 9.14. The first-order valence-corrected chi connectivity index (χ1v) is 9.88. The molecule has 3 N–H and O–H groups in total. The van der Waals surface area contributed by atoms with E-state index < -0.39 is 38.5 Å². The van der Waals surface area contributed by atoms with Crippen molar-refractivity contribution in [3.63, 3.8) is 0 Å². The molecule has 0 saturated carbocycles. The Balaban J connectivity index is 5.16. The van der Waals surface area contributed by atoms with E-state index in [0.717, 1.165) is 12.7 Å². The fourth-order valence-electron chi connectivity index (χ4n) is 1.98. The summed E-state index contributed by atoms with van der Waals surface area (Å²) in [6.07, 6.45) is 2.14. The van der Waals surface area contributed by atoms with Crippen LogP contribution in [0.2, 0.25) is 0 Å². The number of nitrogens with zero attached hydrogens (tertiary/aromatic N) is 1. The number of nitrogens with one attached hydrogen (secondary N) is 2. The highest BCUT2D eigenvalue weighted by molar-refractivity contribution is 7.92. The number of carbonyl (C=O) groups excluding carboxylic acids is 3. The predicted octanol–water partition coefficient (Wildman–Crippen LogP) is 0.678. The standard InChI is InChI=1S/C15H29N3O6S/c1-10(2)8-7-9-11(19)18(22)14(21)17-12(13(20)16-5)15(3,4)25(6,23)24/h10,12,22H,7-9H2,1-6H3,(H,16,20)(H,17,21). The van der Waals surface area contributed by atoms with Gasteiger partial charge >= 0.3 is 6.03 Å². The van der Waals surface area contributed by atoms with Crippen molar-refractivity contribution in [1.82, 2.24) is 15.7 Å². The van der Waals surface area contributed by atoms with Crippen LogP contribution in [-0.2, 0) is 19.4 Å². The molecule has 0 bridgehead atoms. The molecule has 25 heavy (non-hydrogen) atoms. The maximum atomic E-state index is 12.1. The number of carbonyl (C=O) groups is 3. The summed E-state index contributed by atoms with van der Waals surface area (Å²) >= 11 is 0. The Bertz CT molecular complexity index is 600. The van der Waals surface area contributed by atoms with E-state index in [-0.39, 0.29) is 11.5 Å². The molecule has 0 aromatic rings. The van der Waals surface area contributed by atoms with Crippen LogP contribution >= 0.6 is 0 Å². The van der Waals surface area contributed by atoms with Crippen LogP contribution in [0.25, 0.3) is 0 Å².